The van der Waals surface area contributed by atoms with Gasteiger partial charge < -0.3 is 69.9 Å². The van der Waals surface area contributed by atoms with E-state index in [0.717, 1.165) is 6.42 Å². The molecule has 2 aliphatic rings. The van der Waals surface area contributed by atoms with E-state index in [0.29, 0.717) is 57.1 Å². The summed E-state index contributed by atoms with van der Waals surface area (Å²) < 4.78 is 0. The highest BCUT2D eigenvalue weighted by atomic mass is 16.4. The third-order valence-corrected chi connectivity index (χ3v) is 10.8. The Hall–Kier alpha value is -5.87. The Morgan fingerprint density at radius 3 is 2.15 bits per heavy atom. The lowest BCUT2D eigenvalue weighted by Gasteiger charge is -2.36. The molecular formula is C40H64N12O10. The Labute approximate surface area is 360 Å². The van der Waals surface area contributed by atoms with Crippen LogP contribution in [-0.2, 0) is 44.8 Å². The van der Waals surface area contributed by atoms with Crippen LogP contribution in [0.15, 0.2) is 35.3 Å². The Kier molecular flexibility index (Phi) is 21.0. The number of aliphatic hydroxyl groups excluding tert-OH is 1. The number of carbonyl (C=O) groups is 8. The normalized spacial score (nSPS) is 17.5. The highest BCUT2D eigenvalue weighted by Gasteiger charge is 2.42. The molecule has 1 aliphatic heterocycles. The second kappa shape index (κ2) is 25.8. The van der Waals surface area contributed by atoms with Crippen molar-refractivity contribution < 1.29 is 48.6 Å². The lowest BCUT2D eigenvalue weighted by Crippen LogP contribution is -2.62. The van der Waals surface area contributed by atoms with Crippen molar-refractivity contribution in [2.45, 2.75) is 119 Å². The van der Waals surface area contributed by atoms with E-state index in [-0.39, 0.29) is 51.2 Å². The van der Waals surface area contributed by atoms with Crippen LogP contribution in [0.25, 0.3) is 0 Å². The molecule has 16 N–H and O–H groups in total. The number of amides is 7. The Morgan fingerprint density at radius 2 is 1.50 bits per heavy atom. The Morgan fingerprint density at radius 1 is 0.806 bits per heavy atom. The summed E-state index contributed by atoms with van der Waals surface area (Å²) in [6.07, 6.45) is 5.16. The second-order valence-electron chi connectivity index (χ2n) is 15.6. The minimum atomic E-state index is -1.48. The van der Waals surface area contributed by atoms with Crippen LogP contribution in [0.2, 0.25) is 0 Å². The number of rotatable bonds is 25. The van der Waals surface area contributed by atoms with Crippen LogP contribution in [-0.4, -0.2) is 143 Å². The van der Waals surface area contributed by atoms with E-state index >= 15 is 0 Å². The highest BCUT2D eigenvalue weighted by molar-refractivity contribution is 5.97. The number of guanidine groups is 1. The first kappa shape index (κ1) is 50.5. The molecule has 1 aromatic carbocycles. The minimum absolute atomic E-state index is 0.0167. The molecule has 1 aliphatic carbocycles. The van der Waals surface area contributed by atoms with Gasteiger partial charge in [-0.05, 0) is 63.5 Å². The van der Waals surface area contributed by atoms with Gasteiger partial charge in [0.1, 0.15) is 29.7 Å². The predicted octanol–water partition coefficient (Wildman–Crippen LogP) is -3.69. The first-order valence-corrected chi connectivity index (χ1v) is 21.1. The molecule has 0 unspecified atom stereocenters. The summed E-state index contributed by atoms with van der Waals surface area (Å²) in [7, 11) is 0. The van der Waals surface area contributed by atoms with Crippen molar-refractivity contribution in [2.24, 2.45) is 27.9 Å². The van der Waals surface area contributed by atoms with Crippen molar-refractivity contribution in [3.63, 3.8) is 0 Å². The summed E-state index contributed by atoms with van der Waals surface area (Å²) in [6.45, 7) is -1.26. The molecule has 0 spiro atoms. The first-order valence-electron chi connectivity index (χ1n) is 21.1. The number of carbonyl (C=O) groups excluding carboxylic acids is 7. The number of nitrogens with two attached hydrogens (primary N) is 4. The van der Waals surface area contributed by atoms with Crippen molar-refractivity contribution in [3.05, 3.63) is 35.9 Å². The van der Waals surface area contributed by atoms with E-state index in [1.54, 1.807) is 30.3 Å². The molecule has 0 aromatic heterocycles. The van der Waals surface area contributed by atoms with Gasteiger partial charge in [-0.1, -0.05) is 56.0 Å². The standard InChI is InChI=1S/C40H64N12O10/c41-18-8-5-13-26(42)33(56)49-27(14-9-19-45-39(43)44)34(57)46-23-32(55)51-40(16-6-2-7-17-40)38(62)47-22-31(54)48-29(24-53)36(59)52-20-10-15-30(52)35(58)50-28(37(60)61)21-25-11-3-1-4-12-25/h1,3-4,11-12,26-30,53H,2,5-10,13-24,41-42H2,(H,46,57)(H,47,62)(H,48,54)(H,49,56)(H,50,58)(H,51,55)(H,60,61)(H4,43,44,45)/t26-,27-,28-,29-,30-/m0/s1. The van der Waals surface area contributed by atoms with Gasteiger partial charge in [0.15, 0.2) is 5.96 Å². The Balaban J connectivity index is 1.57. The monoisotopic (exact) mass is 872 g/mol. The summed E-state index contributed by atoms with van der Waals surface area (Å²) >= 11 is 0. The lowest BCUT2D eigenvalue weighted by atomic mass is 9.80. The van der Waals surface area contributed by atoms with E-state index < -0.39 is 103 Å². The average molecular weight is 873 g/mol. The molecule has 5 atom stereocenters. The number of hydrogen-bond acceptors (Lipinski definition) is 12. The van der Waals surface area contributed by atoms with Crippen molar-refractivity contribution in [1.29, 1.82) is 0 Å². The topological polar surface area (TPSA) is 369 Å². The minimum Gasteiger partial charge on any atom is -0.480 e. The second-order valence-corrected chi connectivity index (χ2v) is 15.6. The molecule has 0 radical (unpaired) electrons. The summed E-state index contributed by atoms with van der Waals surface area (Å²) in [5.74, 6) is -6.28. The molecule has 62 heavy (non-hydrogen) atoms. The van der Waals surface area contributed by atoms with Gasteiger partial charge in [-0.25, -0.2) is 4.79 Å². The molecule has 1 aromatic rings. The zero-order valence-electron chi connectivity index (χ0n) is 35.1. The molecule has 344 valence electrons. The summed E-state index contributed by atoms with van der Waals surface area (Å²) in [4.78, 5) is 110. The Bertz CT molecular complexity index is 1720. The van der Waals surface area contributed by atoms with Crippen LogP contribution in [0.5, 0.6) is 0 Å². The quantitative estimate of drug-likeness (QED) is 0.0256. The van der Waals surface area contributed by atoms with E-state index in [4.69, 9.17) is 22.9 Å². The maximum absolute atomic E-state index is 13.6. The van der Waals surface area contributed by atoms with E-state index in [9.17, 15) is 48.6 Å². The van der Waals surface area contributed by atoms with Gasteiger partial charge in [0, 0.05) is 19.5 Å². The fraction of sp³-hybridized carbons (Fsp3) is 0.625. The number of hydrogen-bond donors (Lipinski definition) is 12. The molecule has 1 saturated heterocycles. The van der Waals surface area contributed by atoms with E-state index in [1.165, 1.54) is 4.90 Å². The van der Waals surface area contributed by atoms with Crippen LogP contribution in [0.4, 0.5) is 0 Å². The third kappa shape index (κ3) is 16.2. The van der Waals surface area contributed by atoms with Gasteiger partial charge in [-0.2, -0.15) is 0 Å². The van der Waals surface area contributed by atoms with Crippen LogP contribution in [0, 0.1) is 0 Å². The van der Waals surface area contributed by atoms with Gasteiger partial charge in [0.05, 0.1) is 25.7 Å². The third-order valence-electron chi connectivity index (χ3n) is 10.8. The van der Waals surface area contributed by atoms with Gasteiger partial charge in [-0.15, -0.1) is 0 Å². The molecule has 1 heterocycles. The summed E-state index contributed by atoms with van der Waals surface area (Å²) in [5, 5.41) is 35.1. The summed E-state index contributed by atoms with van der Waals surface area (Å²) in [5.41, 5.74) is 21.6. The highest BCUT2D eigenvalue weighted by Crippen LogP contribution is 2.28. The lowest BCUT2D eigenvalue weighted by molar-refractivity contribution is -0.145. The zero-order valence-corrected chi connectivity index (χ0v) is 35.1. The molecule has 3 rings (SSSR count). The number of aliphatic hydroxyl groups is 1. The van der Waals surface area contributed by atoms with Crippen molar-refractivity contribution >= 4 is 53.3 Å². The fourth-order valence-corrected chi connectivity index (χ4v) is 7.44. The number of aliphatic imine (C=N–C) groups is 1. The largest absolute Gasteiger partial charge is 0.480 e. The van der Waals surface area contributed by atoms with Gasteiger partial charge in [0.25, 0.3) is 0 Å². The van der Waals surface area contributed by atoms with Gasteiger partial charge in [0.2, 0.25) is 41.4 Å². The van der Waals surface area contributed by atoms with Crippen LogP contribution < -0.4 is 54.8 Å². The number of benzene rings is 1. The number of nitrogens with zero attached hydrogens (tertiary/aromatic N) is 2. The van der Waals surface area contributed by atoms with E-state index in [1.807, 2.05) is 0 Å². The SMILES string of the molecule is NCCCC[C@H](N)C(=O)N[C@@H](CCCN=C(N)N)C(=O)NCC(=O)NC1(C(=O)NCC(=O)N[C@@H](CO)C(=O)N2CCC[C@H]2C(=O)N[C@@H](Cc2ccccc2)C(=O)O)CCCCC1. The number of aliphatic carboxylic acids is 1. The maximum Gasteiger partial charge on any atom is 0.326 e. The van der Waals surface area contributed by atoms with Crippen molar-refractivity contribution in [1.82, 2.24) is 36.8 Å². The molecular weight excluding hydrogens is 809 g/mol. The summed E-state index contributed by atoms with van der Waals surface area (Å²) in [6, 6.07) is 2.97. The predicted molar refractivity (Wildman–Crippen MR) is 226 cm³/mol. The first-order chi connectivity index (χ1) is 29.6. The molecule has 22 nitrogen and oxygen atoms in total. The van der Waals surface area contributed by atoms with Gasteiger partial charge in [-0.3, -0.25) is 38.6 Å². The molecule has 22 heteroatoms. The molecule has 0 bridgehead atoms. The average Bonchev–Trinajstić information content (AvgIpc) is 3.75. The number of likely N-dealkylation sites (tertiary alicyclic amines) is 1. The molecule has 2 fully saturated rings. The van der Waals surface area contributed by atoms with Crippen LogP contribution >= 0.6 is 0 Å². The van der Waals surface area contributed by atoms with Crippen molar-refractivity contribution in [3.8, 4) is 0 Å². The van der Waals surface area contributed by atoms with Crippen molar-refractivity contribution in [2.75, 3.05) is 39.3 Å². The zero-order chi connectivity index (χ0) is 45.7. The molecule has 7 amide bonds. The number of unbranched alkanes of at least 4 members (excludes halogenated alkanes) is 1. The van der Waals surface area contributed by atoms with Gasteiger partial charge >= 0.3 is 5.97 Å². The van der Waals surface area contributed by atoms with E-state index in [2.05, 4.69) is 36.9 Å². The number of carboxylic acids is 1. The van der Waals surface area contributed by atoms with Crippen LogP contribution in [0.3, 0.4) is 0 Å². The smallest absolute Gasteiger partial charge is 0.326 e. The van der Waals surface area contributed by atoms with Crippen LogP contribution in [0.1, 0.15) is 82.6 Å². The fourth-order valence-electron chi connectivity index (χ4n) is 7.44. The maximum atomic E-state index is 13.6. The number of nitrogens with one attached hydrogen (secondary N) is 6. The molecule has 1 saturated carbocycles. The number of carboxylic acid groups (broad SMARTS) is 1.